The number of hydrogen-bond donors (Lipinski definition) is 0. The van der Waals surface area contributed by atoms with Gasteiger partial charge in [-0.1, -0.05) is 0 Å². The summed E-state index contributed by atoms with van der Waals surface area (Å²) in [5.41, 5.74) is 1.55. The van der Waals surface area contributed by atoms with Crippen molar-refractivity contribution in [3.63, 3.8) is 0 Å². The SMILES string of the molecule is [2H][B]I(I)I. The first-order chi connectivity index (χ1) is 2.27. The summed E-state index contributed by atoms with van der Waals surface area (Å²) in [7, 11) is 0. The Labute approximate surface area is 54.7 Å². The van der Waals surface area contributed by atoms with E-state index in [1.54, 1.807) is 5.67 Å². The molecule has 0 heterocycles. The molecule has 0 aromatic heterocycles. The Morgan fingerprint density at radius 1 is 2.00 bits per heavy atom. The minimum absolute atomic E-state index is 0.800. The van der Waals surface area contributed by atoms with Crippen molar-refractivity contribution in [1.82, 2.24) is 0 Å². The summed E-state index contributed by atoms with van der Waals surface area (Å²) in [6, 6.07) is 0. The average Bonchev–Trinajstić information content (AvgIpc) is 1.38. The maximum atomic E-state index is 6.59. The molecule has 0 nitrogen and oxygen atoms in total. The third-order valence-corrected chi connectivity index (χ3v) is 0. The van der Waals surface area contributed by atoms with E-state index in [0.717, 1.165) is 0 Å². The first kappa shape index (κ1) is 4.41. The van der Waals surface area contributed by atoms with E-state index in [1.807, 2.05) is 0 Å². The van der Waals surface area contributed by atoms with E-state index >= 15 is 0 Å². The van der Waals surface area contributed by atoms with Crippen LogP contribution in [0.3, 0.4) is 0 Å². The normalized spacial score (nSPS) is 13.5. The van der Waals surface area contributed by atoms with Crippen molar-refractivity contribution in [2.24, 2.45) is 0 Å². The van der Waals surface area contributed by atoms with Gasteiger partial charge in [-0.05, 0) is 0 Å². The van der Waals surface area contributed by atoms with Crippen LogP contribution in [0.15, 0.2) is 0 Å². The van der Waals surface area contributed by atoms with Crippen molar-refractivity contribution < 1.29 is 0 Å². The Morgan fingerprint density at radius 2 is 2.25 bits per heavy atom. The van der Waals surface area contributed by atoms with Gasteiger partial charge in [0.15, 0.2) is 0 Å². The van der Waals surface area contributed by atoms with Crippen LogP contribution < -0.4 is 0 Å². The zero-order chi connectivity index (χ0) is 4.28. The van der Waals surface area contributed by atoms with E-state index in [0.29, 0.717) is 0 Å². The van der Waals surface area contributed by atoms with Crippen molar-refractivity contribution in [3.8, 4) is 0 Å². The summed E-state index contributed by atoms with van der Waals surface area (Å²) in [6.07, 6.45) is 0. The van der Waals surface area contributed by atoms with E-state index in [-0.39, 0.29) is 0 Å². The van der Waals surface area contributed by atoms with Gasteiger partial charge in [-0.25, -0.2) is 0 Å². The fourth-order valence-electron chi connectivity index (χ4n) is 0. The van der Waals surface area contributed by atoms with E-state index in [9.17, 15) is 0 Å². The predicted octanol–water partition coefficient (Wildman–Crippen LogP) is 2.01. The molecule has 0 aliphatic carbocycles. The van der Waals surface area contributed by atoms with Crippen LogP contribution in [0, 0.1) is 0 Å². The van der Waals surface area contributed by atoms with E-state index in [4.69, 9.17) is 1.34 Å². The summed E-state index contributed by atoms with van der Waals surface area (Å²) in [4.78, 5) is 0. The fourth-order valence-corrected chi connectivity index (χ4v) is 0. The molecule has 0 rings (SSSR count). The fraction of sp³-hybridized carbons (Fsp3) is 0. The van der Waals surface area contributed by atoms with Gasteiger partial charge in [-0.15, -0.1) is 0 Å². The molecule has 0 unspecified atom stereocenters. The molecule has 0 atom stereocenters. The van der Waals surface area contributed by atoms with Gasteiger partial charge < -0.3 is 0 Å². The topological polar surface area (TPSA) is 0 Å². The molecule has 0 aromatic carbocycles. The van der Waals surface area contributed by atoms with Crippen molar-refractivity contribution in [2.75, 3.05) is 0 Å². The third kappa shape index (κ3) is 8.87. The van der Waals surface area contributed by atoms with Gasteiger partial charge in [0.05, 0.1) is 0 Å². The Hall–Kier alpha value is 2.25. The first-order valence-corrected chi connectivity index (χ1v) is 14.3. The number of hydrogen-bond acceptors (Lipinski definition) is 0. The van der Waals surface area contributed by atoms with Gasteiger partial charge in [0.25, 0.3) is 0 Å². The van der Waals surface area contributed by atoms with Crippen molar-refractivity contribution in [3.05, 3.63) is 0 Å². The van der Waals surface area contributed by atoms with Gasteiger partial charge in [0.1, 0.15) is 0 Å². The van der Waals surface area contributed by atoms with Crippen LogP contribution in [0.4, 0.5) is 0 Å². The van der Waals surface area contributed by atoms with Gasteiger partial charge in [-0.3, -0.25) is 0 Å². The summed E-state index contributed by atoms with van der Waals surface area (Å²) < 4.78 is 6.59. The van der Waals surface area contributed by atoms with Crippen LogP contribution in [0.5, 0.6) is 0 Å². The molecule has 0 amide bonds. The molecule has 4 heavy (non-hydrogen) atoms. The van der Waals surface area contributed by atoms with Crippen molar-refractivity contribution in [2.45, 2.75) is 0 Å². The molecule has 4 heteroatoms. The Bertz CT molecular complexity index is 20.9. The van der Waals surface area contributed by atoms with E-state index in [2.05, 4.69) is 37.2 Å². The van der Waals surface area contributed by atoms with Crippen molar-refractivity contribution >= 4 is 54.6 Å². The molecule has 0 aliphatic heterocycles. The molecular formula is HBI3. The molecule has 0 saturated heterocycles. The summed E-state index contributed by atoms with van der Waals surface area (Å²) in [5.74, 6) is 0. The molecule has 25 valence electrons. The van der Waals surface area contributed by atoms with E-state index in [1.165, 1.54) is 0 Å². The van der Waals surface area contributed by atoms with Crippen LogP contribution in [0.1, 0.15) is 0 Å². The minimum atomic E-state index is -0.800. The standard InChI is InChI=1S/BHI3/c1-4(2)3/h1H/i1D. The predicted molar refractivity (Wildman–Crippen MR) is 49.2 cm³/mol. The van der Waals surface area contributed by atoms with Gasteiger partial charge >= 0.3 is 55.9 Å². The molecule has 0 fully saturated rings. The average molecular weight is 394 g/mol. The number of halogens is 3. The van der Waals surface area contributed by atoms with Crippen LogP contribution in [0.2, 0.25) is 0 Å². The third-order valence-electron chi connectivity index (χ3n) is 0. The number of rotatable bonds is 1. The zero-order valence-electron chi connectivity index (χ0n) is 2.71. The van der Waals surface area contributed by atoms with E-state index < -0.39 is 11.7 Å². The molecule has 0 aliphatic rings. The second kappa shape index (κ2) is 3.45. The molecule has 0 saturated carbocycles. The van der Waals surface area contributed by atoms with Crippen LogP contribution in [-0.2, 0) is 0 Å². The molecule has 0 bridgehead atoms. The second-order valence-corrected chi connectivity index (χ2v) is 23.7. The Morgan fingerprint density at radius 3 is 2.25 bits per heavy atom. The molecule has 0 aromatic rings. The monoisotopic (exact) mass is 394 g/mol. The molecule has 0 N–H and O–H groups in total. The van der Waals surface area contributed by atoms with Crippen LogP contribution >= 0.6 is 48.9 Å². The maximum absolute atomic E-state index is 6.59. The Kier molecular flexibility index (Phi) is 3.80. The van der Waals surface area contributed by atoms with Crippen LogP contribution in [-0.4, -0.2) is 7.00 Å². The summed E-state index contributed by atoms with van der Waals surface area (Å²) in [6.45, 7) is 0. The van der Waals surface area contributed by atoms with Gasteiger partial charge in [0, 0.05) is 0 Å². The first-order valence-electron chi connectivity index (χ1n) is 1.08. The van der Waals surface area contributed by atoms with Gasteiger partial charge in [-0.2, -0.15) is 0 Å². The molecule has 1 radical (unpaired) electrons. The molecule has 0 spiro atoms. The van der Waals surface area contributed by atoms with Crippen molar-refractivity contribution in [1.29, 1.82) is 1.34 Å². The summed E-state index contributed by atoms with van der Waals surface area (Å²) >= 11 is 3.81. The Balaban J connectivity index is 2.54. The van der Waals surface area contributed by atoms with Gasteiger partial charge in [0.2, 0.25) is 0 Å². The quantitative estimate of drug-likeness (QED) is 0.472. The zero-order valence-corrected chi connectivity index (χ0v) is 8.18. The summed E-state index contributed by atoms with van der Waals surface area (Å²) in [5, 5.41) is 0. The van der Waals surface area contributed by atoms with Crippen LogP contribution in [0.25, 0.3) is 0 Å². The second-order valence-electron chi connectivity index (χ2n) is 0.219. The molecular weight excluding hydrogens is 392 g/mol.